The lowest BCUT2D eigenvalue weighted by molar-refractivity contribution is -0.870. The predicted octanol–water partition coefficient (Wildman–Crippen LogP) is 9.33. The molecule has 3 atom stereocenters. The number of phosphoric ester groups is 1. The summed E-state index contributed by atoms with van der Waals surface area (Å²) in [4.78, 5) is 25.1. The van der Waals surface area contributed by atoms with Crippen molar-refractivity contribution in [2.75, 3.05) is 40.9 Å². The minimum atomic E-state index is -4.59. The lowest BCUT2D eigenvalue weighted by Crippen LogP contribution is -2.45. The van der Waals surface area contributed by atoms with E-state index in [2.05, 4.69) is 43.5 Å². The minimum absolute atomic E-state index is 0.00945. The molecule has 0 aromatic heterocycles. The number of phosphoric acid groups is 1. The first-order valence-corrected chi connectivity index (χ1v) is 20.8. The van der Waals surface area contributed by atoms with Crippen LogP contribution in [0.1, 0.15) is 155 Å². The summed E-state index contributed by atoms with van der Waals surface area (Å²) in [5.74, 6) is -0.227. The fourth-order valence-corrected chi connectivity index (χ4v) is 5.88. The molecule has 0 aromatic carbocycles. The minimum Gasteiger partial charge on any atom is -0.756 e. The van der Waals surface area contributed by atoms with Gasteiger partial charge in [0.05, 0.1) is 39.9 Å². The lowest BCUT2D eigenvalue weighted by atomic mass is 10.1. The monoisotopic (exact) mass is 699 g/mol. The van der Waals surface area contributed by atoms with Crippen LogP contribution in [0.15, 0.2) is 36.5 Å². The van der Waals surface area contributed by atoms with Crippen LogP contribution in [0.25, 0.3) is 0 Å². The maximum Gasteiger partial charge on any atom is 0.268 e. The van der Waals surface area contributed by atoms with Crippen LogP contribution in [0.2, 0.25) is 0 Å². The van der Waals surface area contributed by atoms with E-state index in [-0.39, 0.29) is 12.5 Å². The third kappa shape index (κ3) is 33.2. The first-order chi connectivity index (χ1) is 23.0. The quantitative estimate of drug-likeness (QED) is 0.0300. The van der Waals surface area contributed by atoms with E-state index in [0.29, 0.717) is 17.4 Å². The van der Waals surface area contributed by atoms with Crippen molar-refractivity contribution < 1.29 is 32.9 Å². The highest BCUT2D eigenvalue weighted by Crippen LogP contribution is 2.38. The molecular formula is C39H75N2O6P. The van der Waals surface area contributed by atoms with E-state index in [1.165, 1.54) is 83.5 Å². The van der Waals surface area contributed by atoms with Crippen molar-refractivity contribution in [3.05, 3.63) is 36.5 Å². The molecule has 3 unspecified atom stereocenters. The molecule has 0 saturated heterocycles. The van der Waals surface area contributed by atoms with Crippen LogP contribution in [-0.4, -0.2) is 68.5 Å². The highest BCUT2D eigenvalue weighted by Gasteiger charge is 2.23. The summed E-state index contributed by atoms with van der Waals surface area (Å²) < 4.78 is 23.0. The number of likely N-dealkylation sites (N-methyl/N-ethyl adjacent to an activating group) is 1. The molecule has 0 aromatic rings. The van der Waals surface area contributed by atoms with Gasteiger partial charge in [0, 0.05) is 6.42 Å². The molecule has 1 amide bonds. The van der Waals surface area contributed by atoms with Gasteiger partial charge in [-0.2, -0.15) is 0 Å². The largest absolute Gasteiger partial charge is 0.756 e. The molecule has 0 aliphatic rings. The average Bonchev–Trinajstić information content (AvgIpc) is 3.02. The molecule has 0 heterocycles. The van der Waals surface area contributed by atoms with Crippen molar-refractivity contribution in [3.8, 4) is 0 Å². The second-order valence-electron chi connectivity index (χ2n) is 14.3. The van der Waals surface area contributed by atoms with Crippen LogP contribution in [0.3, 0.4) is 0 Å². The van der Waals surface area contributed by atoms with Crippen molar-refractivity contribution >= 4 is 13.7 Å². The summed E-state index contributed by atoms with van der Waals surface area (Å²) in [6.07, 6.45) is 36.2. The normalized spacial score (nSPS) is 15.1. The SMILES string of the molecule is CCCCCCCC/C=C\CCCCCC(=O)NC(COP(=O)([O-])OCC[N+](C)(C)C)C(O)/C=C/CC/C=C/CCCCCCCCC. The highest BCUT2D eigenvalue weighted by atomic mass is 31.2. The van der Waals surface area contributed by atoms with Gasteiger partial charge in [-0.3, -0.25) is 9.36 Å². The van der Waals surface area contributed by atoms with E-state index in [0.717, 1.165) is 51.4 Å². The number of quaternary nitrogens is 1. The zero-order valence-electron chi connectivity index (χ0n) is 31.7. The van der Waals surface area contributed by atoms with Crippen molar-refractivity contribution in [3.63, 3.8) is 0 Å². The Morgan fingerprint density at radius 3 is 1.69 bits per heavy atom. The van der Waals surface area contributed by atoms with Crippen LogP contribution in [-0.2, 0) is 18.4 Å². The van der Waals surface area contributed by atoms with Gasteiger partial charge in [-0.25, -0.2) is 0 Å². The van der Waals surface area contributed by atoms with Gasteiger partial charge in [-0.15, -0.1) is 0 Å². The van der Waals surface area contributed by atoms with Crippen LogP contribution in [0, 0.1) is 0 Å². The van der Waals surface area contributed by atoms with Crippen LogP contribution in [0.5, 0.6) is 0 Å². The summed E-state index contributed by atoms with van der Waals surface area (Å²) in [6.45, 7) is 4.56. The number of hydrogen-bond acceptors (Lipinski definition) is 6. The summed E-state index contributed by atoms with van der Waals surface area (Å²) in [5.41, 5.74) is 0. The fraction of sp³-hybridized carbons (Fsp3) is 0.821. The average molecular weight is 699 g/mol. The summed E-state index contributed by atoms with van der Waals surface area (Å²) in [5, 5.41) is 13.7. The van der Waals surface area contributed by atoms with E-state index in [1.807, 2.05) is 27.2 Å². The van der Waals surface area contributed by atoms with E-state index >= 15 is 0 Å². The van der Waals surface area contributed by atoms with Crippen LogP contribution in [0.4, 0.5) is 0 Å². The van der Waals surface area contributed by atoms with Gasteiger partial charge in [0.2, 0.25) is 5.91 Å². The summed E-state index contributed by atoms with van der Waals surface area (Å²) in [6, 6.07) is -0.907. The lowest BCUT2D eigenvalue weighted by Gasteiger charge is -2.29. The van der Waals surface area contributed by atoms with E-state index < -0.39 is 26.6 Å². The Labute approximate surface area is 296 Å². The third-order valence-electron chi connectivity index (χ3n) is 8.32. The number of aliphatic hydroxyl groups is 1. The van der Waals surface area contributed by atoms with Crippen LogP contribution < -0.4 is 10.2 Å². The molecule has 9 heteroatoms. The standard InChI is InChI=1S/C39H75N2O6P/c1-6-8-10-12-14-16-18-20-22-24-26-28-30-32-38(42)37(36-47-48(44,45)46-35-34-41(3,4)5)40-39(43)33-31-29-27-25-23-21-19-17-15-13-11-9-7-2/h21-24,30,32,37-38,42H,6-20,25-29,31,33-36H2,1-5H3,(H-,40,43,44,45)/b23-21-,24-22+,32-30+. The molecule has 8 nitrogen and oxygen atoms in total. The molecule has 0 radical (unpaired) electrons. The number of carbonyl (C=O) groups is 1. The molecule has 282 valence electrons. The Morgan fingerprint density at radius 2 is 1.17 bits per heavy atom. The molecule has 0 fully saturated rings. The van der Waals surface area contributed by atoms with Gasteiger partial charge < -0.3 is 28.8 Å². The number of aliphatic hydroxyl groups excluding tert-OH is 1. The second-order valence-corrected chi connectivity index (χ2v) is 15.7. The Hall–Kier alpha value is -1.28. The number of allylic oxidation sites excluding steroid dienone is 5. The summed E-state index contributed by atoms with van der Waals surface area (Å²) >= 11 is 0. The summed E-state index contributed by atoms with van der Waals surface area (Å²) in [7, 11) is 1.23. The number of rotatable bonds is 34. The zero-order chi connectivity index (χ0) is 35.8. The zero-order valence-corrected chi connectivity index (χ0v) is 32.6. The Balaban J connectivity index is 4.62. The first-order valence-electron chi connectivity index (χ1n) is 19.4. The number of nitrogens with zero attached hydrogens (tertiary/aromatic N) is 1. The van der Waals surface area contributed by atoms with E-state index in [4.69, 9.17) is 9.05 Å². The van der Waals surface area contributed by atoms with Gasteiger partial charge in [-0.1, -0.05) is 127 Å². The maximum absolute atomic E-state index is 12.7. The molecule has 0 aliphatic carbocycles. The molecule has 2 N–H and O–H groups in total. The predicted molar refractivity (Wildman–Crippen MR) is 201 cm³/mol. The molecule has 0 aliphatic heterocycles. The molecule has 0 bridgehead atoms. The molecule has 0 rings (SSSR count). The molecule has 0 spiro atoms. The van der Waals surface area contributed by atoms with Gasteiger partial charge >= 0.3 is 0 Å². The van der Waals surface area contributed by atoms with Crippen molar-refractivity contribution in [1.82, 2.24) is 5.32 Å². The number of unbranched alkanes of at least 4 members (excludes halogenated alkanes) is 17. The van der Waals surface area contributed by atoms with E-state index in [1.54, 1.807) is 6.08 Å². The van der Waals surface area contributed by atoms with Gasteiger partial charge in [-0.05, 0) is 57.8 Å². The van der Waals surface area contributed by atoms with Crippen molar-refractivity contribution in [2.45, 2.75) is 167 Å². The highest BCUT2D eigenvalue weighted by molar-refractivity contribution is 7.45. The third-order valence-corrected chi connectivity index (χ3v) is 9.29. The Bertz CT molecular complexity index is 886. The fourth-order valence-electron chi connectivity index (χ4n) is 5.16. The number of hydrogen-bond donors (Lipinski definition) is 2. The second kappa shape index (κ2) is 31.7. The Kier molecular flexibility index (Phi) is 30.8. The van der Waals surface area contributed by atoms with Crippen molar-refractivity contribution in [2.24, 2.45) is 0 Å². The van der Waals surface area contributed by atoms with Gasteiger partial charge in [0.1, 0.15) is 13.2 Å². The Morgan fingerprint density at radius 1 is 0.708 bits per heavy atom. The van der Waals surface area contributed by atoms with E-state index in [9.17, 15) is 19.4 Å². The number of amides is 1. The number of carbonyl (C=O) groups excluding carboxylic acids is 1. The number of nitrogens with one attached hydrogen (secondary N) is 1. The first kappa shape index (κ1) is 46.7. The van der Waals surface area contributed by atoms with Crippen molar-refractivity contribution in [1.29, 1.82) is 0 Å². The topological polar surface area (TPSA) is 108 Å². The molecule has 0 saturated carbocycles. The van der Waals surface area contributed by atoms with Crippen LogP contribution >= 0.6 is 7.82 Å². The smallest absolute Gasteiger partial charge is 0.268 e. The molecule has 48 heavy (non-hydrogen) atoms. The molecular weight excluding hydrogens is 623 g/mol. The van der Waals surface area contributed by atoms with Gasteiger partial charge in [0.15, 0.2) is 0 Å². The van der Waals surface area contributed by atoms with Gasteiger partial charge in [0.25, 0.3) is 7.82 Å². The maximum atomic E-state index is 12.7.